The van der Waals surface area contributed by atoms with E-state index in [9.17, 15) is 9.18 Å². The summed E-state index contributed by atoms with van der Waals surface area (Å²) in [7, 11) is 1.83. The Labute approximate surface area is 109 Å². The van der Waals surface area contributed by atoms with E-state index in [1.165, 1.54) is 12.1 Å². The highest BCUT2D eigenvalue weighted by molar-refractivity contribution is 5.88. The van der Waals surface area contributed by atoms with Crippen LogP contribution in [0.3, 0.4) is 0 Å². The summed E-state index contributed by atoms with van der Waals surface area (Å²) in [4.78, 5) is 10.7. The van der Waals surface area contributed by atoms with Crippen molar-refractivity contribution in [2.75, 3.05) is 11.9 Å². The topological polar surface area (TPSA) is 67.2 Å². The van der Waals surface area contributed by atoms with E-state index >= 15 is 0 Å². The standard InChI is InChI=1S/C13H14FN3O2/c1-17-7-5-10(16-17)4-6-15-12-3-2-9(13(18)19)8-11(12)14/h2-3,5,7-8,15H,4,6H2,1H3,(H,18,19). The van der Waals surface area contributed by atoms with Crippen LogP contribution in [0.5, 0.6) is 0 Å². The highest BCUT2D eigenvalue weighted by Gasteiger charge is 2.08. The number of hydrogen-bond donors (Lipinski definition) is 2. The molecule has 0 saturated carbocycles. The van der Waals surface area contributed by atoms with Crippen LogP contribution in [-0.4, -0.2) is 27.4 Å². The fraction of sp³-hybridized carbons (Fsp3) is 0.231. The number of nitrogens with one attached hydrogen (secondary N) is 1. The van der Waals surface area contributed by atoms with Crippen LogP contribution >= 0.6 is 0 Å². The first-order valence-corrected chi connectivity index (χ1v) is 5.81. The third-order valence-electron chi connectivity index (χ3n) is 2.68. The van der Waals surface area contributed by atoms with Crippen LogP contribution in [0.4, 0.5) is 10.1 Å². The lowest BCUT2D eigenvalue weighted by Crippen LogP contribution is -2.08. The van der Waals surface area contributed by atoms with Crippen LogP contribution in [0.1, 0.15) is 16.1 Å². The predicted molar refractivity (Wildman–Crippen MR) is 68.8 cm³/mol. The Morgan fingerprint density at radius 1 is 1.47 bits per heavy atom. The van der Waals surface area contributed by atoms with Crippen LogP contribution in [0.25, 0.3) is 0 Å². The molecule has 100 valence electrons. The number of benzene rings is 1. The van der Waals surface area contributed by atoms with E-state index in [-0.39, 0.29) is 5.56 Å². The average molecular weight is 263 g/mol. The maximum Gasteiger partial charge on any atom is 0.335 e. The molecular formula is C13H14FN3O2. The second-order valence-electron chi connectivity index (χ2n) is 4.16. The van der Waals surface area contributed by atoms with Gasteiger partial charge in [-0.3, -0.25) is 4.68 Å². The number of aromatic carboxylic acids is 1. The van der Waals surface area contributed by atoms with Crippen molar-refractivity contribution in [1.29, 1.82) is 0 Å². The Balaban J connectivity index is 1.94. The molecule has 0 bridgehead atoms. The third-order valence-corrected chi connectivity index (χ3v) is 2.68. The molecule has 0 radical (unpaired) electrons. The van der Waals surface area contributed by atoms with Crippen molar-refractivity contribution in [3.8, 4) is 0 Å². The Bertz CT molecular complexity index is 595. The van der Waals surface area contributed by atoms with Gasteiger partial charge in [0.05, 0.1) is 16.9 Å². The predicted octanol–water partition coefficient (Wildman–Crippen LogP) is 1.91. The maximum atomic E-state index is 13.6. The van der Waals surface area contributed by atoms with Crippen LogP contribution < -0.4 is 5.32 Å². The largest absolute Gasteiger partial charge is 0.478 e. The number of aryl methyl sites for hydroxylation is 1. The second kappa shape index (κ2) is 5.51. The summed E-state index contributed by atoms with van der Waals surface area (Å²) in [5, 5.41) is 15.9. The number of carboxylic acids is 1. The van der Waals surface area contributed by atoms with Gasteiger partial charge in [-0.2, -0.15) is 5.10 Å². The number of anilines is 1. The number of halogens is 1. The van der Waals surface area contributed by atoms with Gasteiger partial charge in [0.25, 0.3) is 0 Å². The first kappa shape index (κ1) is 13.1. The number of nitrogens with zero attached hydrogens (tertiary/aromatic N) is 2. The Morgan fingerprint density at radius 3 is 2.84 bits per heavy atom. The molecule has 1 aromatic carbocycles. The summed E-state index contributed by atoms with van der Waals surface area (Å²) in [5.41, 5.74) is 1.14. The first-order chi connectivity index (χ1) is 9.06. The Hall–Kier alpha value is -2.37. The monoisotopic (exact) mass is 263 g/mol. The van der Waals surface area contributed by atoms with Crippen molar-refractivity contribution in [2.45, 2.75) is 6.42 Å². The summed E-state index contributed by atoms with van der Waals surface area (Å²) in [6, 6.07) is 5.70. The SMILES string of the molecule is Cn1ccc(CCNc2ccc(C(=O)O)cc2F)n1. The van der Waals surface area contributed by atoms with Crippen molar-refractivity contribution in [3.05, 3.63) is 47.5 Å². The van der Waals surface area contributed by atoms with Crippen molar-refractivity contribution in [1.82, 2.24) is 9.78 Å². The van der Waals surface area contributed by atoms with Crippen LogP contribution in [0.15, 0.2) is 30.5 Å². The van der Waals surface area contributed by atoms with E-state index in [1.807, 2.05) is 19.3 Å². The summed E-state index contributed by atoms with van der Waals surface area (Å²) < 4.78 is 15.3. The molecule has 0 fully saturated rings. The number of aromatic nitrogens is 2. The fourth-order valence-electron chi connectivity index (χ4n) is 1.71. The highest BCUT2D eigenvalue weighted by atomic mass is 19.1. The first-order valence-electron chi connectivity index (χ1n) is 5.81. The maximum absolute atomic E-state index is 13.6. The van der Waals surface area contributed by atoms with Crippen LogP contribution in [0.2, 0.25) is 0 Å². The van der Waals surface area contributed by atoms with Crippen molar-refractivity contribution < 1.29 is 14.3 Å². The minimum atomic E-state index is -1.14. The zero-order valence-electron chi connectivity index (χ0n) is 10.4. The lowest BCUT2D eigenvalue weighted by molar-refractivity contribution is 0.0696. The molecule has 0 spiro atoms. The highest BCUT2D eigenvalue weighted by Crippen LogP contribution is 2.15. The van der Waals surface area contributed by atoms with Gasteiger partial charge in [-0.25, -0.2) is 9.18 Å². The molecule has 2 N–H and O–H groups in total. The Morgan fingerprint density at radius 2 is 2.26 bits per heavy atom. The Kier molecular flexibility index (Phi) is 3.79. The molecule has 0 aliphatic carbocycles. The van der Waals surface area contributed by atoms with Gasteiger partial charge in [0, 0.05) is 26.2 Å². The molecule has 0 aliphatic rings. The molecule has 0 unspecified atom stereocenters. The van der Waals surface area contributed by atoms with Gasteiger partial charge in [0.15, 0.2) is 0 Å². The zero-order chi connectivity index (χ0) is 13.8. The summed E-state index contributed by atoms with van der Waals surface area (Å²) in [6.45, 7) is 0.528. The van der Waals surface area contributed by atoms with E-state index in [1.54, 1.807) is 4.68 Å². The number of hydrogen-bond acceptors (Lipinski definition) is 3. The van der Waals surface area contributed by atoms with Gasteiger partial charge in [0.2, 0.25) is 0 Å². The van der Waals surface area contributed by atoms with E-state index in [2.05, 4.69) is 10.4 Å². The minimum absolute atomic E-state index is 0.0622. The number of rotatable bonds is 5. The van der Waals surface area contributed by atoms with E-state index in [4.69, 9.17) is 5.11 Å². The van der Waals surface area contributed by atoms with Crippen LogP contribution in [-0.2, 0) is 13.5 Å². The number of carboxylic acid groups (broad SMARTS) is 1. The molecule has 6 heteroatoms. The normalized spacial score (nSPS) is 10.4. The molecule has 5 nitrogen and oxygen atoms in total. The quantitative estimate of drug-likeness (QED) is 0.864. The average Bonchev–Trinajstić information content (AvgIpc) is 2.77. The van der Waals surface area contributed by atoms with Gasteiger partial charge < -0.3 is 10.4 Å². The number of carbonyl (C=O) groups is 1. The molecular weight excluding hydrogens is 249 g/mol. The minimum Gasteiger partial charge on any atom is -0.478 e. The summed E-state index contributed by atoms with van der Waals surface area (Å²) in [5.74, 6) is -1.71. The molecule has 0 atom stereocenters. The molecule has 0 saturated heterocycles. The summed E-state index contributed by atoms with van der Waals surface area (Å²) >= 11 is 0. The van der Waals surface area contributed by atoms with Gasteiger partial charge in [-0.1, -0.05) is 0 Å². The van der Waals surface area contributed by atoms with Crippen molar-refractivity contribution in [3.63, 3.8) is 0 Å². The van der Waals surface area contributed by atoms with Crippen molar-refractivity contribution >= 4 is 11.7 Å². The smallest absolute Gasteiger partial charge is 0.335 e. The van der Waals surface area contributed by atoms with Gasteiger partial charge in [-0.15, -0.1) is 0 Å². The summed E-state index contributed by atoms with van der Waals surface area (Å²) in [6.07, 6.45) is 2.51. The lowest BCUT2D eigenvalue weighted by atomic mass is 10.2. The lowest BCUT2D eigenvalue weighted by Gasteiger charge is -2.07. The molecule has 2 rings (SSSR count). The van der Waals surface area contributed by atoms with Crippen molar-refractivity contribution in [2.24, 2.45) is 7.05 Å². The molecule has 1 aromatic heterocycles. The zero-order valence-corrected chi connectivity index (χ0v) is 10.4. The molecule has 2 aromatic rings. The second-order valence-corrected chi connectivity index (χ2v) is 4.16. The van der Waals surface area contributed by atoms with Gasteiger partial charge >= 0.3 is 5.97 Å². The molecule has 0 amide bonds. The van der Waals surface area contributed by atoms with E-state index < -0.39 is 11.8 Å². The third kappa shape index (κ3) is 3.31. The fourth-order valence-corrected chi connectivity index (χ4v) is 1.71. The van der Waals surface area contributed by atoms with Gasteiger partial charge in [0.1, 0.15) is 5.82 Å². The van der Waals surface area contributed by atoms with Crippen LogP contribution in [0, 0.1) is 5.82 Å². The molecule has 19 heavy (non-hydrogen) atoms. The van der Waals surface area contributed by atoms with E-state index in [0.717, 1.165) is 11.8 Å². The van der Waals surface area contributed by atoms with Gasteiger partial charge in [-0.05, 0) is 24.3 Å². The molecule has 0 aliphatic heterocycles. The van der Waals surface area contributed by atoms with E-state index in [0.29, 0.717) is 18.7 Å². The molecule has 1 heterocycles.